The van der Waals surface area contributed by atoms with Crippen molar-refractivity contribution < 1.29 is 4.79 Å². The van der Waals surface area contributed by atoms with E-state index in [-0.39, 0.29) is 11.9 Å². The van der Waals surface area contributed by atoms with Gasteiger partial charge in [0.15, 0.2) is 0 Å². The highest BCUT2D eigenvalue weighted by Gasteiger charge is 2.17. The molecule has 0 aliphatic carbocycles. The van der Waals surface area contributed by atoms with Crippen molar-refractivity contribution in [1.29, 1.82) is 0 Å². The van der Waals surface area contributed by atoms with Crippen LogP contribution in [0.15, 0.2) is 18.3 Å². The van der Waals surface area contributed by atoms with Crippen LogP contribution in [-0.2, 0) is 0 Å². The van der Waals surface area contributed by atoms with E-state index in [0.29, 0.717) is 17.9 Å². The molecule has 0 aliphatic heterocycles. The average molecular weight is 207 g/mol. The van der Waals surface area contributed by atoms with Gasteiger partial charge < -0.3 is 10.6 Å². The molecule has 0 aliphatic rings. The first-order valence-corrected chi connectivity index (χ1v) is 5.08. The molecule has 0 aromatic carbocycles. The summed E-state index contributed by atoms with van der Waals surface area (Å²) in [4.78, 5) is 17.7. The highest BCUT2D eigenvalue weighted by molar-refractivity contribution is 5.93. The van der Waals surface area contributed by atoms with Crippen LogP contribution in [0.5, 0.6) is 0 Å². The van der Waals surface area contributed by atoms with E-state index in [1.807, 2.05) is 20.8 Å². The summed E-state index contributed by atoms with van der Waals surface area (Å²) in [5.74, 6) is -0.0696. The van der Waals surface area contributed by atoms with Crippen molar-refractivity contribution >= 4 is 11.6 Å². The third kappa shape index (κ3) is 2.68. The molecular formula is C11H17N3O. The minimum absolute atomic E-state index is 0.0696. The lowest BCUT2D eigenvalue weighted by atomic mass is 10.2. The van der Waals surface area contributed by atoms with Crippen molar-refractivity contribution in [3.05, 3.63) is 24.0 Å². The molecule has 0 atom stereocenters. The Balaban J connectivity index is 2.93. The van der Waals surface area contributed by atoms with Crippen LogP contribution in [0.4, 0.5) is 5.69 Å². The maximum atomic E-state index is 12.0. The minimum atomic E-state index is -0.0696. The Morgan fingerprint density at radius 3 is 2.73 bits per heavy atom. The lowest BCUT2D eigenvalue weighted by Crippen LogP contribution is -2.37. The average Bonchev–Trinajstić information content (AvgIpc) is 2.18. The molecule has 82 valence electrons. The molecule has 1 aromatic heterocycles. The number of carbonyl (C=O) groups excluding carboxylic acids is 1. The Kier molecular flexibility index (Phi) is 3.66. The van der Waals surface area contributed by atoms with Crippen molar-refractivity contribution in [1.82, 2.24) is 9.88 Å². The van der Waals surface area contributed by atoms with Crippen LogP contribution in [0.25, 0.3) is 0 Å². The zero-order valence-corrected chi connectivity index (χ0v) is 9.40. The van der Waals surface area contributed by atoms with Gasteiger partial charge in [-0.25, -0.2) is 0 Å². The second-order valence-corrected chi connectivity index (χ2v) is 3.66. The number of nitrogens with two attached hydrogens (primary N) is 1. The molecule has 1 amide bonds. The molecule has 15 heavy (non-hydrogen) atoms. The molecule has 0 spiro atoms. The van der Waals surface area contributed by atoms with Gasteiger partial charge in [0, 0.05) is 24.5 Å². The van der Waals surface area contributed by atoms with E-state index >= 15 is 0 Å². The topological polar surface area (TPSA) is 59.2 Å². The number of anilines is 1. The molecule has 2 N–H and O–H groups in total. The normalized spacial score (nSPS) is 10.4. The molecule has 4 nitrogen and oxygen atoms in total. The Morgan fingerprint density at radius 2 is 2.27 bits per heavy atom. The van der Waals surface area contributed by atoms with Crippen LogP contribution in [0.1, 0.15) is 31.3 Å². The molecule has 0 saturated heterocycles. The van der Waals surface area contributed by atoms with Crippen molar-refractivity contribution in [3.63, 3.8) is 0 Å². The predicted octanol–water partition coefficient (Wildman–Crippen LogP) is 1.53. The number of aromatic nitrogens is 1. The first kappa shape index (κ1) is 11.5. The Morgan fingerprint density at radius 1 is 1.60 bits per heavy atom. The van der Waals surface area contributed by atoms with E-state index in [9.17, 15) is 4.79 Å². The maximum Gasteiger partial charge on any atom is 0.272 e. The fraction of sp³-hybridized carbons (Fsp3) is 0.455. The number of hydrogen-bond donors (Lipinski definition) is 1. The second kappa shape index (κ2) is 4.77. The maximum absolute atomic E-state index is 12.0. The van der Waals surface area contributed by atoms with Gasteiger partial charge in [0.2, 0.25) is 0 Å². The number of pyridine rings is 1. The Labute approximate surface area is 90.1 Å². The summed E-state index contributed by atoms with van der Waals surface area (Å²) in [6, 6.07) is 3.45. The van der Waals surface area contributed by atoms with Crippen LogP contribution in [0, 0.1) is 0 Å². The van der Waals surface area contributed by atoms with Crippen LogP contribution in [-0.4, -0.2) is 28.4 Å². The van der Waals surface area contributed by atoms with Gasteiger partial charge in [-0.2, -0.15) is 0 Å². The lowest BCUT2D eigenvalue weighted by Gasteiger charge is -2.24. The highest BCUT2D eigenvalue weighted by Crippen LogP contribution is 2.08. The SMILES string of the molecule is CCN(C(=O)c1cc(N)ccn1)C(C)C. The summed E-state index contributed by atoms with van der Waals surface area (Å²) in [6.07, 6.45) is 1.55. The van der Waals surface area contributed by atoms with Crippen LogP contribution in [0.2, 0.25) is 0 Å². The monoisotopic (exact) mass is 207 g/mol. The first-order chi connectivity index (χ1) is 7.06. The molecule has 1 heterocycles. The van der Waals surface area contributed by atoms with E-state index in [2.05, 4.69) is 4.98 Å². The van der Waals surface area contributed by atoms with E-state index < -0.39 is 0 Å². The van der Waals surface area contributed by atoms with E-state index in [1.165, 1.54) is 0 Å². The van der Waals surface area contributed by atoms with Gasteiger partial charge in [0.25, 0.3) is 5.91 Å². The van der Waals surface area contributed by atoms with Gasteiger partial charge in [-0.1, -0.05) is 0 Å². The number of hydrogen-bond acceptors (Lipinski definition) is 3. The first-order valence-electron chi connectivity index (χ1n) is 5.08. The van der Waals surface area contributed by atoms with Crippen molar-refractivity contribution in [2.75, 3.05) is 12.3 Å². The molecule has 0 bridgehead atoms. The van der Waals surface area contributed by atoms with E-state index in [4.69, 9.17) is 5.73 Å². The zero-order valence-electron chi connectivity index (χ0n) is 9.40. The smallest absolute Gasteiger partial charge is 0.272 e. The minimum Gasteiger partial charge on any atom is -0.399 e. The number of carbonyl (C=O) groups is 1. The molecule has 0 radical (unpaired) electrons. The highest BCUT2D eigenvalue weighted by atomic mass is 16.2. The number of rotatable bonds is 3. The van der Waals surface area contributed by atoms with Gasteiger partial charge >= 0.3 is 0 Å². The Bertz CT molecular complexity index is 349. The van der Waals surface area contributed by atoms with Crippen LogP contribution >= 0.6 is 0 Å². The molecule has 0 fully saturated rings. The third-order valence-electron chi connectivity index (χ3n) is 2.23. The summed E-state index contributed by atoms with van der Waals surface area (Å²) >= 11 is 0. The quantitative estimate of drug-likeness (QED) is 0.817. The third-order valence-corrected chi connectivity index (χ3v) is 2.23. The standard InChI is InChI=1S/C11H17N3O/c1-4-14(8(2)3)11(15)10-7-9(12)5-6-13-10/h5-8H,4H2,1-3H3,(H2,12,13). The summed E-state index contributed by atoms with van der Waals surface area (Å²) in [5, 5.41) is 0. The summed E-state index contributed by atoms with van der Waals surface area (Å²) < 4.78 is 0. The largest absolute Gasteiger partial charge is 0.399 e. The van der Waals surface area contributed by atoms with Crippen LogP contribution in [0.3, 0.4) is 0 Å². The number of nitrogen functional groups attached to an aromatic ring is 1. The molecular weight excluding hydrogens is 190 g/mol. The van der Waals surface area contributed by atoms with Crippen LogP contribution < -0.4 is 5.73 Å². The van der Waals surface area contributed by atoms with Gasteiger partial charge in [-0.05, 0) is 32.9 Å². The van der Waals surface area contributed by atoms with Gasteiger partial charge in [0.05, 0.1) is 0 Å². The van der Waals surface area contributed by atoms with Gasteiger partial charge in [-0.15, -0.1) is 0 Å². The van der Waals surface area contributed by atoms with Crippen molar-refractivity contribution in [2.45, 2.75) is 26.8 Å². The fourth-order valence-electron chi connectivity index (χ4n) is 1.45. The lowest BCUT2D eigenvalue weighted by molar-refractivity contribution is 0.0711. The van der Waals surface area contributed by atoms with Gasteiger partial charge in [0.1, 0.15) is 5.69 Å². The number of amides is 1. The van der Waals surface area contributed by atoms with Gasteiger partial charge in [-0.3, -0.25) is 9.78 Å². The fourth-order valence-corrected chi connectivity index (χ4v) is 1.45. The van der Waals surface area contributed by atoms with Crippen molar-refractivity contribution in [3.8, 4) is 0 Å². The predicted molar refractivity (Wildman–Crippen MR) is 60.5 cm³/mol. The molecule has 1 rings (SSSR count). The van der Waals surface area contributed by atoms with Crippen molar-refractivity contribution in [2.24, 2.45) is 0 Å². The summed E-state index contributed by atoms with van der Waals surface area (Å²) in [5.41, 5.74) is 6.57. The van der Waals surface area contributed by atoms with E-state index in [0.717, 1.165) is 0 Å². The molecule has 4 heteroatoms. The molecule has 0 saturated carbocycles. The summed E-state index contributed by atoms with van der Waals surface area (Å²) in [6.45, 7) is 6.58. The zero-order chi connectivity index (χ0) is 11.4. The second-order valence-electron chi connectivity index (χ2n) is 3.66. The number of nitrogens with zero attached hydrogens (tertiary/aromatic N) is 2. The molecule has 0 unspecified atom stereocenters. The molecule has 1 aromatic rings. The Hall–Kier alpha value is -1.58. The summed E-state index contributed by atoms with van der Waals surface area (Å²) in [7, 11) is 0. The van der Waals surface area contributed by atoms with E-state index in [1.54, 1.807) is 23.2 Å².